The minimum Gasteiger partial charge on any atom is -0.481 e. The number of rotatable bonds is 6. The Hall–Kier alpha value is -2.88. The van der Waals surface area contributed by atoms with Gasteiger partial charge in [-0.3, -0.25) is 9.59 Å². The molecule has 0 unspecified atom stereocenters. The van der Waals surface area contributed by atoms with Gasteiger partial charge in [0.1, 0.15) is 0 Å². The Kier molecular flexibility index (Phi) is 5.09. The third kappa shape index (κ3) is 4.06. The van der Waals surface area contributed by atoms with Gasteiger partial charge in [0.2, 0.25) is 0 Å². The summed E-state index contributed by atoms with van der Waals surface area (Å²) in [6, 6.07) is 18.3. The van der Waals surface area contributed by atoms with Gasteiger partial charge in [-0.15, -0.1) is 0 Å². The highest BCUT2D eigenvalue weighted by Gasteiger charge is 2.26. The van der Waals surface area contributed by atoms with E-state index in [-0.39, 0.29) is 0 Å². The smallest absolute Gasteiger partial charge is 0.311 e. The number of aliphatic carboxylic acids is 2. The first-order chi connectivity index (χ1) is 10.6. The van der Waals surface area contributed by atoms with Gasteiger partial charge < -0.3 is 10.2 Å². The first-order valence-corrected chi connectivity index (χ1v) is 6.84. The number of hydrogen-bond acceptors (Lipinski definition) is 2. The molecular weight excluding hydrogens is 280 g/mol. The Morgan fingerprint density at radius 2 is 1.45 bits per heavy atom. The van der Waals surface area contributed by atoms with E-state index >= 15 is 0 Å². The second-order valence-electron chi connectivity index (χ2n) is 4.87. The minimum atomic E-state index is -1.14. The Bertz CT molecular complexity index is 675. The first kappa shape index (κ1) is 15.5. The molecule has 2 aromatic rings. The molecule has 0 fully saturated rings. The molecular formula is C18H16O4. The Labute approximate surface area is 128 Å². The van der Waals surface area contributed by atoms with Gasteiger partial charge in [-0.05, 0) is 16.7 Å². The molecule has 4 heteroatoms. The molecule has 0 saturated heterocycles. The van der Waals surface area contributed by atoms with E-state index in [1.54, 1.807) is 30.3 Å². The molecule has 0 aromatic heterocycles. The normalized spacial score (nSPS) is 12.6. The molecule has 0 bridgehead atoms. The quantitative estimate of drug-likeness (QED) is 0.801. The molecule has 0 aliphatic rings. The fourth-order valence-electron chi connectivity index (χ4n) is 2.25. The number of carbonyl (C=O) groups is 2. The van der Waals surface area contributed by atoms with E-state index in [0.29, 0.717) is 11.1 Å². The second kappa shape index (κ2) is 7.22. The minimum absolute atomic E-state index is 0.455. The monoisotopic (exact) mass is 296 g/mol. The molecule has 22 heavy (non-hydrogen) atoms. The van der Waals surface area contributed by atoms with Gasteiger partial charge >= 0.3 is 11.9 Å². The van der Waals surface area contributed by atoms with Crippen LogP contribution in [0.5, 0.6) is 0 Å². The number of carboxylic acids is 2. The average Bonchev–Trinajstić information content (AvgIpc) is 2.52. The summed E-state index contributed by atoms with van der Waals surface area (Å²) in [4.78, 5) is 22.5. The summed E-state index contributed by atoms with van der Waals surface area (Å²) >= 11 is 0. The van der Waals surface area contributed by atoms with Crippen molar-refractivity contribution in [2.75, 3.05) is 0 Å². The molecule has 0 aliphatic heterocycles. The second-order valence-corrected chi connectivity index (χ2v) is 4.87. The highest BCUT2D eigenvalue weighted by molar-refractivity contribution is 5.96. The van der Waals surface area contributed by atoms with Crippen molar-refractivity contribution in [3.05, 3.63) is 71.8 Å². The Morgan fingerprint density at radius 1 is 0.909 bits per heavy atom. The van der Waals surface area contributed by atoms with E-state index < -0.39 is 24.3 Å². The van der Waals surface area contributed by atoms with Crippen LogP contribution in [0.3, 0.4) is 0 Å². The fraction of sp³-hybridized carbons (Fsp3) is 0.111. The van der Waals surface area contributed by atoms with Gasteiger partial charge in [-0.25, -0.2) is 0 Å². The maximum absolute atomic E-state index is 11.5. The molecule has 2 N–H and O–H groups in total. The van der Waals surface area contributed by atoms with Crippen LogP contribution in [0.2, 0.25) is 0 Å². The molecule has 0 spiro atoms. The summed E-state index contributed by atoms with van der Waals surface area (Å²) in [6.45, 7) is 0. The lowest BCUT2D eigenvalue weighted by Gasteiger charge is -2.15. The molecule has 0 amide bonds. The highest BCUT2D eigenvalue weighted by atomic mass is 16.4. The predicted molar refractivity (Wildman–Crippen MR) is 84.1 cm³/mol. The summed E-state index contributed by atoms with van der Waals surface area (Å²) in [5.74, 6) is -3.38. The van der Waals surface area contributed by atoms with Crippen LogP contribution in [0, 0.1) is 5.92 Å². The zero-order chi connectivity index (χ0) is 15.9. The van der Waals surface area contributed by atoms with Gasteiger partial charge in [0.15, 0.2) is 0 Å². The maximum atomic E-state index is 11.5. The molecule has 0 saturated carbocycles. The van der Waals surface area contributed by atoms with Gasteiger partial charge in [-0.2, -0.15) is 0 Å². The third-order valence-electron chi connectivity index (χ3n) is 3.28. The van der Waals surface area contributed by atoms with Crippen molar-refractivity contribution >= 4 is 23.6 Å². The molecule has 1 atom stereocenters. The number of benzene rings is 2. The van der Waals surface area contributed by atoms with Crippen LogP contribution < -0.4 is 0 Å². The van der Waals surface area contributed by atoms with Gasteiger partial charge in [0, 0.05) is 0 Å². The molecule has 0 aliphatic carbocycles. The summed E-state index contributed by atoms with van der Waals surface area (Å²) in [5.41, 5.74) is 2.03. The van der Waals surface area contributed by atoms with E-state index in [9.17, 15) is 14.7 Å². The third-order valence-corrected chi connectivity index (χ3v) is 3.28. The van der Waals surface area contributed by atoms with Crippen molar-refractivity contribution in [3.63, 3.8) is 0 Å². The number of hydrogen-bond donors (Lipinski definition) is 2. The lowest BCUT2D eigenvalue weighted by Crippen LogP contribution is -2.19. The molecule has 2 aromatic carbocycles. The lowest BCUT2D eigenvalue weighted by molar-refractivity contribution is -0.146. The van der Waals surface area contributed by atoms with Crippen LogP contribution in [0.4, 0.5) is 0 Å². The zero-order valence-corrected chi connectivity index (χ0v) is 11.8. The highest BCUT2D eigenvalue weighted by Crippen LogP contribution is 2.29. The topological polar surface area (TPSA) is 74.6 Å². The molecule has 2 rings (SSSR count). The van der Waals surface area contributed by atoms with E-state index in [1.165, 1.54) is 0 Å². The lowest BCUT2D eigenvalue weighted by atomic mass is 9.88. The van der Waals surface area contributed by atoms with Crippen molar-refractivity contribution in [1.82, 2.24) is 0 Å². The van der Waals surface area contributed by atoms with Crippen molar-refractivity contribution < 1.29 is 19.8 Å². The van der Waals surface area contributed by atoms with Crippen LogP contribution in [0.1, 0.15) is 17.5 Å². The summed E-state index contributed by atoms with van der Waals surface area (Å²) in [7, 11) is 0. The largest absolute Gasteiger partial charge is 0.481 e. The Balaban J connectivity index is 2.52. The van der Waals surface area contributed by atoms with Crippen LogP contribution in [0.15, 0.2) is 60.7 Å². The SMILES string of the molecule is O=C(O)C[C@@H](C(=O)O)/C(=C\c1ccccc1)c1ccccc1. The van der Waals surface area contributed by atoms with Gasteiger partial charge in [-0.1, -0.05) is 66.7 Å². The Morgan fingerprint density at radius 3 is 1.95 bits per heavy atom. The van der Waals surface area contributed by atoms with Crippen LogP contribution in [-0.4, -0.2) is 22.2 Å². The molecule has 4 nitrogen and oxygen atoms in total. The summed E-state index contributed by atoms with van der Waals surface area (Å²) in [5, 5.41) is 18.4. The molecule has 0 radical (unpaired) electrons. The van der Waals surface area contributed by atoms with Gasteiger partial charge in [0.05, 0.1) is 12.3 Å². The maximum Gasteiger partial charge on any atom is 0.311 e. The van der Waals surface area contributed by atoms with E-state index in [1.807, 2.05) is 36.4 Å². The van der Waals surface area contributed by atoms with Crippen molar-refractivity contribution in [3.8, 4) is 0 Å². The van der Waals surface area contributed by atoms with Crippen molar-refractivity contribution in [2.24, 2.45) is 5.92 Å². The fourth-order valence-corrected chi connectivity index (χ4v) is 2.25. The number of carboxylic acid groups (broad SMARTS) is 2. The molecule has 0 heterocycles. The predicted octanol–water partition coefficient (Wildman–Crippen LogP) is 3.40. The first-order valence-electron chi connectivity index (χ1n) is 6.84. The van der Waals surface area contributed by atoms with E-state index in [2.05, 4.69) is 0 Å². The summed E-state index contributed by atoms with van der Waals surface area (Å²) < 4.78 is 0. The molecule has 112 valence electrons. The average molecular weight is 296 g/mol. The van der Waals surface area contributed by atoms with Crippen molar-refractivity contribution in [1.29, 1.82) is 0 Å². The van der Waals surface area contributed by atoms with Crippen LogP contribution in [0.25, 0.3) is 11.6 Å². The zero-order valence-electron chi connectivity index (χ0n) is 11.8. The van der Waals surface area contributed by atoms with Crippen LogP contribution in [-0.2, 0) is 9.59 Å². The standard InChI is InChI=1S/C18H16O4/c19-17(20)12-16(18(21)22)15(14-9-5-2-6-10-14)11-13-7-3-1-4-8-13/h1-11,16H,12H2,(H,19,20)(H,21,22)/b15-11-/t16-/m1/s1. The van der Waals surface area contributed by atoms with Crippen LogP contribution >= 0.6 is 0 Å². The summed E-state index contributed by atoms with van der Waals surface area (Å²) in [6.07, 6.45) is 1.28. The van der Waals surface area contributed by atoms with E-state index in [4.69, 9.17) is 5.11 Å². The van der Waals surface area contributed by atoms with E-state index in [0.717, 1.165) is 5.56 Å². The van der Waals surface area contributed by atoms with Gasteiger partial charge in [0.25, 0.3) is 0 Å². The van der Waals surface area contributed by atoms with Crippen molar-refractivity contribution in [2.45, 2.75) is 6.42 Å².